The molecule has 2 aromatic rings. The number of rotatable bonds is 2. The second kappa shape index (κ2) is 3.93. The molecule has 0 fully saturated rings. The highest BCUT2D eigenvalue weighted by Crippen LogP contribution is 2.25. The predicted octanol–water partition coefficient (Wildman–Crippen LogP) is 3.00. The Kier molecular flexibility index (Phi) is 2.75. The van der Waals surface area contributed by atoms with Gasteiger partial charge in [-0.15, -0.1) is 0 Å². The van der Waals surface area contributed by atoms with Crippen LogP contribution in [0.1, 0.15) is 32.1 Å². The Hall–Kier alpha value is -1.30. The van der Waals surface area contributed by atoms with Crippen LogP contribution in [-0.2, 0) is 0 Å². The number of halogens is 3. The van der Waals surface area contributed by atoms with Gasteiger partial charge in [-0.25, -0.2) is 23.7 Å². The fourth-order valence-electron chi connectivity index (χ4n) is 1.41. The van der Waals surface area contributed by atoms with Crippen LogP contribution in [0.25, 0.3) is 11.2 Å². The van der Waals surface area contributed by atoms with E-state index in [2.05, 4.69) is 15.0 Å². The molecule has 0 atom stereocenters. The van der Waals surface area contributed by atoms with Crippen LogP contribution in [0.2, 0.25) is 5.15 Å². The second-order valence-electron chi connectivity index (χ2n) is 3.59. The molecule has 2 rings (SSSR count). The Bertz CT molecular complexity index is 523. The number of nitrogens with zero attached hydrogens (tertiary/aromatic N) is 4. The fraction of sp³-hybridized carbons (Fsp3) is 0.444. The van der Waals surface area contributed by atoms with Crippen molar-refractivity contribution in [2.24, 2.45) is 0 Å². The Labute approximate surface area is 95.3 Å². The fourth-order valence-corrected chi connectivity index (χ4v) is 1.68. The first-order chi connectivity index (χ1) is 7.50. The van der Waals surface area contributed by atoms with Gasteiger partial charge in [0.25, 0.3) is 6.43 Å². The molecule has 0 aliphatic carbocycles. The van der Waals surface area contributed by atoms with Crippen molar-refractivity contribution in [2.45, 2.75) is 26.3 Å². The highest BCUT2D eigenvalue weighted by atomic mass is 35.5. The Balaban J connectivity index is 2.69. The lowest BCUT2D eigenvalue weighted by Crippen LogP contribution is -2.02. The summed E-state index contributed by atoms with van der Waals surface area (Å²) in [5, 5.41) is 0.00602. The number of hydrogen-bond acceptors (Lipinski definition) is 3. The van der Waals surface area contributed by atoms with E-state index in [1.807, 2.05) is 13.8 Å². The van der Waals surface area contributed by atoms with Crippen LogP contribution in [0.3, 0.4) is 0 Å². The largest absolute Gasteiger partial charge is 0.324 e. The zero-order chi connectivity index (χ0) is 11.9. The molecule has 0 saturated heterocycles. The molecular weight excluding hydrogens is 238 g/mol. The summed E-state index contributed by atoms with van der Waals surface area (Å²) < 4.78 is 26.6. The van der Waals surface area contributed by atoms with Crippen LogP contribution in [-0.4, -0.2) is 19.5 Å². The molecule has 86 valence electrons. The van der Waals surface area contributed by atoms with Gasteiger partial charge in [0.05, 0.1) is 6.33 Å². The zero-order valence-electron chi connectivity index (χ0n) is 8.65. The molecule has 0 radical (unpaired) electrons. The smallest absolute Gasteiger partial charge is 0.297 e. The summed E-state index contributed by atoms with van der Waals surface area (Å²) in [6.07, 6.45) is -1.23. The van der Waals surface area contributed by atoms with Gasteiger partial charge in [-0.2, -0.15) is 0 Å². The number of alkyl halides is 2. The van der Waals surface area contributed by atoms with Crippen molar-refractivity contribution < 1.29 is 8.78 Å². The lowest BCUT2D eigenvalue weighted by molar-refractivity contribution is 0.140. The van der Waals surface area contributed by atoms with Gasteiger partial charge in [0.15, 0.2) is 16.6 Å². The van der Waals surface area contributed by atoms with E-state index in [9.17, 15) is 8.78 Å². The van der Waals surface area contributed by atoms with E-state index < -0.39 is 12.2 Å². The molecule has 0 saturated carbocycles. The van der Waals surface area contributed by atoms with Gasteiger partial charge in [-0.1, -0.05) is 11.6 Å². The molecule has 2 heterocycles. The van der Waals surface area contributed by atoms with E-state index in [0.717, 1.165) is 0 Å². The molecule has 0 unspecified atom stereocenters. The van der Waals surface area contributed by atoms with E-state index >= 15 is 0 Å². The van der Waals surface area contributed by atoms with Gasteiger partial charge < -0.3 is 4.57 Å². The SMILES string of the molecule is CC(C)n1cnc2nc(C(F)F)nc(Cl)c21. The standard InChI is InChI=1S/C9H9ClF2N4/c1-4(2)16-3-13-8-5(16)6(10)14-9(15-8)7(11)12/h3-4,7H,1-2H3. The van der Waals surface area contributed by atoms with Gasteiger partial charge in [0, 0.05) is 6.04 Å². The van der Waals surface area contributed by atoms with E-state index in [-0.39, 0.29) is 16.8 Å². The van der Waals surface area contributed by atoms with Crippen molar-refractivity contribution in [1.29, 1.82) is 0 Å². The van der Waals surface area contributed by atoms with Gasteiger partial charge in [-0.3, -0.25) is 0 Å². The zero-order valence-corrected chi connectivity index (χ0v) is 9.41. The molecule has 0 bridgehead atoms. The van der Waals surface area contributed by atoms with Crippen LogP contribution in [0.5, 0.6) is 0 Å². The van der Waals surface area contributed by atoms with Crippen LogP contribution in [0, 0.1) is 0 Å². The maximum absolute atomic E-state index is 12.4. The van der Waals surface area contributed by atoms with Crippen LogP contribution in [0.4, 0.5) is 8.78 Å². The number of fused-ring (bicyclic) bond motifs is 1. The summed E-state index contributed by atoms with van der Waals surface area (Å²) in [6.45, 7) is 3.86. The summed E-state index contributed by atoms with van der Waals surface area (Å²) in [5.41, 5.74) is 0.685. The third-order valence-electron chi connectivity index (χ3n) is 2.15. The van der Waals surface area contributed by atoms with Gasteiger partial charge in [-0.05, 0) is 13.8 Å². The quantitative estimate of drug-likeness (QED) is 0.765. The molecule has 7 heteroatoms. The molecule has 0 spiro atoms. The molecule has 4 nitrogen and oxygen atoms in total. The predicted molar refractivity (Wildman–Crippen MR) is 55.7 cm³/mol. The molecule has 16 heavy (non-hydrogen) atoms. The van der Waals surface area contributed by atoms with Crippen LogP contribution < -0.4 is 0 Å². The first-order valence-corrected chi connectivity index (χ1v) is 5.06. The Morgan fingerprint density at radius 2 is 2.00 bits per heavy atom. The summed E-state index contributed by atoms with van der Waals surface area (Å²) in [7, 11) is 0. The third kappa shape index (κ3) is 1.73. The van der Waals surface area contributed by atoms with Gasteiger partial charge >= 0.3 is 0 Å². The molecule has 0 aromatic carbocycles. The third-order valence-corrected chi connectivity index (χ3v) is 2.42. The van der Waals surface area contributed by atoms with Gasteiger partial charge in [0.1, 0.15) is 5.52 Å². The van der Waals surface area contributed by atoms with Crippen molar-refractivity contribution in [2.75, 3.05) is 0 Å². The minimum absolute atomic E-state index is 0.00602. The summed E-state index contributed by atoms with van der Waals surface area (Å²) in [4.78, 5) is 11.2. The van der Waals surface area contributed by atoms with Crippen LogP contribution in [0.15, 0.2) is 6.33 Å². The van der Waals surface area contributed by atoms with E-state index in [4.69, 9.17) is 11.6 Å². The van der Waals surface area contributed by atoms with Crippen molar-refractivity contribution in [3.05, 3.63) is 17.3 Å². The topological polar surface area (TPSA) is 43.6 Å². The molecule has 0 amide bonds. The lowest BCUT2D eigenvalue weighted by Gasteiger charge is -2.08. The highest BCUT2D eigenvalue weighted by Gasteiger charge is 2.18. The first kappa shape index (κ1) is 11.2. The normalized spacial score (nSPS) is 11.9. The second-order valence-corrected chi connectivity index (χ2v) is 3.95. The van der Waals surface area contributed by atoms with Crippen molar-refractivity contribution in [1.82, 2.24) is 19.5 Å². The maximum Gasteiger partial charge on any atom is 0.297 e. The number of hydrogen-bond donors (Lipinski definition) is 0. The minimum atomic E-state index is -2.74. The van der Waals surface area contributed by atoms with Crippen molar-refractivity contribution in [3.8, 4) is 0 Å². The van der Waals surface area contributed by atoms with Crippen molar-refractivity contribution in [3.63, 3.8) is 0 Å². The Morgan fingerprint density at radius 1 is 1.31 bits per heavy atom. The molecular formula is C9H9ClF2N4. The van der Waals surface area contributed by atoms with Gasteiger partial charge in [0.2, 0.25) is 0 Å². The van der Waals surface area contributed by atoms with Crippen LogP contribution >= 0.6 is 11.6 Å². The highest BCUT2D eigenvalue weighted by molar-refractivity contribution is 6.33. The van der Waals surface area contributed by atoms with E-state index in [1.54, 1.807) is 4.57 Å². The number of aromatic nitrogens is 4. The lowest BCUT2D eigenvalue weighted by atomic mass is 10.4. The monoisotopic (exact) mass is 246 g/mol. The molecule has 0 N–H and O–H groups in total. The average Bonchev–Trinajstić information content (AvgIpc) is 2.61. The molecule has 0 aliphatic heterocycles. The maximum atomic E-state index is 12.4. The van der Waals surface area contributed by atoms with E-state index in [1.165, 1.54) is 6.33 Å². The average molecular weight is 247 g/mol. The first-order valence-electron chi connectivity index (χ1n) is 4.69. The minimum Gasteiger partial charge on any atom is -0.324 e. The summed E-state index contributed by atoms with van der Waals surface area (Å²) in [6, 6.07) is 0.114. The van der Waals surface area contributed by atoms with E-state index in [0.29, 0.717) is 5.52 Å². The molecule has 2 aromatic heterocycles. The Morgan fingerprint density at radius 3 is 2.56 bits per heavy atom. The molecule has 0 aliphatic rings. The summed E-state index contributed by atoms with van der Waals surface area (Å²) >= 11 is 5.85. The van der Waals surface area contributed by atoms with Crippen molar-refractivity contribution >= 4 is 22.8 Å². The number of imidazole rings is 1. The summed E-state index contributed by atoms with van der Waals surface area (Å²) in [5.74, 6) is -0.591.